The van der Waals surface area contributed by atoms with Crippen LogP contribution in [0, 0.1) is 6.92 Å². The van der Waals surface area contributed by atoms with Gasteiger partial charge in [-0.2, -0.15) is 0 Å². The summed E-state index contributed by atoms with van der Waals surface area (Å²) in [7, 11) is 0. The Morgan fingerprint density at radius 2 is 2.19 bits per heavy atom. The van der Waals surface area contributed by atoms with E-state index < -0.39 is 24.5 Å². The van der Waals surface area contributed by atoms with E-state index in [2.05, 4.69) is 4.98 Å². The van der Waals surface area contributed by atoms with Crippen LogP contribution in [-0.2, 0) is 17.1 Å². The molecule has 1 heterocycles. The fraction of sp³-hybridized carbons (Fsp3) is 0.400. The molecule has 0 saturated carbocycles. The summed E-state index contributed by atoms with van der Waals surface area (Å²) in [6.45, 7) is 1.56. The Morgan fingerprint density at radius 3 is 2.62 bits per heavy atom. The monoisotopic (exact) mass is 249 g/mol. The van der Waals surface area contributed by atoms with Gasteiger partial charge in [0.2, 0.25) is 0 Å². The molecule has 0 spiro atoms. The number of rotatable bonds is 4. The minimum atomic E-state index is -2.78. The van der Waals surface area contributed by atoms with E-state index in [1.807, 2.05) is 0 Å². The van der Waals surface area contributed by atoms with Crippen LogP contribution in [0.25, 0.3) is 0 Å². The van der Waals surface area contributed by atoms with Crippen LogP contribution in [0.3, 0.4) is 0 Å². The molecule has 1 rings (SSSR count). The number of carboxylic acids is 1. The van der Waals surface area contributed by atoms with Crippen LogP contribution in [-0.4, -0.2) is 16.1 Å². The van der Waals surface area contributed by atoms with Crippen LogP contribution >= 0.6 is 11.6 Å². The van der Waals surface area contributed by atoms with Gasteiger partial charge in [-0.1, -0.05) is 6.07 Å². The normalized spacial score (nSPS) is 10.8. The van der Waals surface area contributed by atoms with E-state index in [4.69, 9.17) is 16.7 Å². The molecule has 1 N–H and O–H groups in total. The second kappa shape index (κ2) is 5.21. The highest BCUT2D eigenvalue weighted by Crippen LogP contribution is 2.24. The quantitative estimate of drug-likeness (QED) is 0.835. The molecule has 0 fully saturated rings. The molecule has 0 bridgehead atoms. The Balaban J connectivity index is 3.24. The predicted octanol–water partition coefficient (Wildman–Crippen LogP) is 2.69. The van der Waals surface area contributed by atoms with Gasteiger partial charge in [0.1, 0.15) is 5.69 Å². The molecular weight excluding hydrogens is 240 g/mol. The maximum absolute atomic E-state index is 12.6. The third-order valence-corrected chi connectivity index (χ3v) is 2.41. The van der Waals surface area contributed by atoms with Gasteiger partial charge in [0.15, 0.2) is 0 Å². The molecule has 0 aliphatic carbocycles. The van der Waals surface area contributed by atoms with Crippen LogP contribution in [0.2, 0.25) is 0 Å². The summed E-state index contributed by atoms with van der Waals surface area (Å²) < 4.78 is 25.2. The lowest BCUT2D eigenvalue weighted by Crippen LogP contribution is -2.08. The fourth-order valence-electron chi connectivity index (χ4n) is 1.34. The van der Waals surface area contributed by atoms with Crippen molar-refractivity contribution in [2.75, 3.05) is 0 Å². The lowest BCUT2D eigenvalue weighted by Gasteiger charge is -2.10. The first-order valence-electron chi connectivity index (χ1n) is 4.51. The molecular formula is C10H10ClF2NO2. The zero-order chi connectivity index (χ0) is 12.3. The molecule has 3 nitrogen and oxygen atoms in total. The number of alkyl halides is 3. The average Bonchev–Trinajstić information content (AvgIpc) is 2.19. The molecule has 0 unspecified atom stereocenters. The number of pyridine rings is 1. The van der Waals surface area contributed by atoms with E-state index in [1.54, 1.807) is 6.92 Å². The molecule has 0 atom stereocenters. The first-order valence-corrected chi connectivity index (χ1v) is 5.04. The van der Waals surface area contributed by atoms with Crippen molar-refractivity contribution in [3.05, 3.63) is 28.6 Å². The number of aryl methyl sites for hydroxylation is 1. The lowest BCUT2D eigenvalue weighted by molar-refractivity contribution is -0.136. The highest BCUT2D eigenvalue weighted by atomic mass is 35.5. The van der Waals surface area contributed by atoms with Crippen LogP contribution in [0.4, 0.5) is 8.78 Å². The first-order chi connectivity index (χ1) is 7.45. The van der Waals surface area contributed by atoms with Crippen molar-refractivity contribution in [2.24, 2.45) is 0 Å². The number of hydrogen-bond donors (Lipinski definition) is 1. The van der Waals surface area contributed by atoms with Gasteiger partial charge >= 0.3 is 5.97 Å². The van der Waals surface area contributed by atoms with Gasteiger partial charge < -0.3 is 5.11 Å². The van der Waals surface area contributed by atoms with Gasteiger partial charge in [0, 0.05) is 11.6 Å². The van der Waals surface area contributed by atoms with Crippen molar-refractivity contribution in [3.63, 3.8) is 0 Å². The molecule has 88 valence electrons. The fourth-order valence-corrected chi connectivity index (χ4v) is 1.61. The van der Waals surface area contributed by atoms with Crippen molar-refractivity contribution >= 4 is 17.6 Å². The van der Waals surface area contributed by atoms with Gasteiger partial charge in [-0.3, -0.25) is 9.78 Å². The zero-order valence-electron chi connectivity index (χ0n) is 8.51. The molecule has 16 heavy (non-hydrogen) atoms. The van der Waals surface area contributed by atoms with Crippen LogP contribution in [0.5, 0.6) is 0 Å². The zero-order valence-corrected chi connectivity index (χ0v) is 9.26. The second-order valence-corrected chi connectivity index (χ2v) is 3.55. The lowest BCUT2D eigenvalue weighted by atomic mass is 10.1. The molecule has 0 radical (unpaired) electrons. The number of aliphatic carboxylic acids is 1. The summed E-state index contributed by atoms with van der Waals surface area (Å²) in [4.78, 5) is 14.2. The van der Waals surface area contributed by atoms with Gasteiger partial charge in [0.05, 0.1) is 6.42 Å². The number of hydrogen-bond acceptors (Lipinski definition) is 2. The molecule has 0 aliphatic heterocycles. The first kappa shape index (κ1) is 12.8. The summed E-state index contributed by atoms with van der Waals surface area (Å²) in [5.41, 5.74) is 0.513. The third-order valence-electron chi connectivity index (χ3n) is 2.12. The molecule has 6 heteroatoms. The Hall–Kier alpha value is -1.23. The minimum absolute atomic E-state index is 0.0174. The number of halogens is 3. The summed E-state index contributed by atoms with van der Waals surface area (Å²) >= 11 is 5.60. The van der Waals surface area contributed by atoms with Crippen molar-refractivity contribution in [1.82, 2.24) is 4.98 Å². The van der Waals surface area contributed by atoms with Crippen LogP contribution in [0.15, 0.2) is 6.07 Å². The van der Waals surface area contributed by atoms with Crippen molar-refractivity contribution in [2.45, 2.75) is 25.7 Å². The molecule has 0 aliphatic rings. The molecule has 1 aromatic heterocycles. The van der Waals surface area contributed by atoms with E-state index in [1.165, 1.54) is 6.07 Å². The molecule has 0 amide bonds. The van der Waals surface area contributed by atoms with Gasteiger partial charge in [0.25, 0.3) is 6.43 Å². The van der Waals surface area contributed by atoms with E-state index in [0.29, 0.717) is 11.3 Å². The number of carboxylic acid groups (broad SMARTS) is 1. The largest absolute Gasteiger partial charge is 0.481 e. The third kappa shape index (κ3) is 2.88. The Labute approximate surface area is 96.1 Å². The van der Waals surface area contributed by atoms with Crippen molar-refractivity contribution in [3.8, 4) is 0 Å². The number of nitrogens with zero attached hydrogens (tertiary/aromatic N) is 1. The number of aromatic nitrogens is 1. The highest BCUT2D eigenvalue weighted by Gasteiger charge is 2.18. The maximum atomic E-state index is 12.6. The van der Waals surface area contributed by atoms with E-state index in [0.717, 1.165) is 0 Å². The summed E-state index contributed by atoms with van der Waals surface area (Å²) in [5, 5.41) is 8.60. The SMILES string of the molecule is Cc1nc(C(F)F)c(CC(=O)O)cc1CCl. The van der Waals surface area contributed by atoms with Crippen LogP contribution < -0.4 is 0 Å². The standard InChI is InChI=1S/C10H10ClF2NO2/c1-5-7(4-11)2-6(3-8(15)16)9(14-5)10(12)13/h2,10H,3-4H2,1H3,(H,15,16). The van der Waals surface area contributed by atoms with Crippen molar-refractivity contribution < 1.29 is 18.7 Å². The Morgan fingerprint density at radius 1 is 1.56 bits per heavy atom. The topological polar surface area (TPSA) is 50.2 Å². The summed E-state index contributed by atoms with van der Waals surface area (Å²) in [6.07, 6.45) is -3.26. The molecule has 1 aromatic rings. The molecule has 0 saturated heterocycles. The highest BCUT2D eigenvalue weighted by molar-refractivity contribution is 6.17. The van der Waals surface area contributed by atoms with Gasteiger partial charge in [-0.05, 0) is 18.1 Å². The van der Waals surface area contributed by atoms with Gasteiger partial charge in [-0.15, -0.1) is 11.6 Å². The predicted molar refractivity (Wildman–Crippen MR) is 54.8 cm³/mol. The molecule has 0 aromatic carbocycles. The average molecular weight is 250 g/mol. The number of carbonyl (C=O) groups is 1. The smallest absolute Gasteiger partial charge is 0.307 e. The van der Waals surface area contributed by atoms with Crippen LogP contribution in [0.1, 0.15) is 28.9 Å². The second-order valence-electron chi connectivity index (χ2n) is 3.28. The summed E-state index contributed by atoms with van der Waals surface area (Å²) in [5.74, 6) is -1.05. The maximum Gasteiger partial charge on any atom is 0.307 e. The van der Waals surface area contributed by atoms with Crippen molar-refractivity contribution in [1.29, 1.82) is 0 Å². The van der Waals surface area contributed by atoms with Gasteiger partial charge in [-0.25, -0.2) is 8.78 Å². The Bertz CT molecular complexity index is 410. The van der Waals surface area contributed by atoms with E-state index >= 15 is 0 Å². The Kier molecular flexibility index (Phi) is 4.18. The van der Waals surface area contributed by atoms with E-state index in [-0.39, 0.29) is 11.4 Å². The van der Waals surface area contributed by atoms with E-state index in [9.17, 15) is 13.6 Å². The summed E-state index contributed by atoms with van der Waals surface area (Å²) in [6, 6.07) is 1.38. The minimum Gasteiger partial charge on any atom is -0.481 e.